The monoisotopic (exact) mass is 353 g/mol. The summed E-state index contributed by atoms with van der Waals surface area (Å²) < 4.78 is 0. The SMILES string of the molecule is CCN(C(=O)Cc1ccc(NC(=O)[C@@H](N)C(C)C)cc1)c1ccccc1. The van der Waals surface area contributed by atoms with Crippen LogP contribution in [-0.4, -0.2) is 24.4 Å². The second-order valence-electron chi connectivity index (χ2n) is 6.61. The molecule has 2 aromatic rings. The van der Waals surface area contributed by atoms with Crippen molar-refractivity contribution in [2.45, 2.75) is 33.2 Å². The Morgan fingerprint density at radius 3 is 2.19 bits per heavy atom. The summed E-state index contributed by atoms with van der Waals surface area (Å²) in [5.41, 5.74) is 8.32. The van der Waals surface area contributed by atoms with Gasteiger partial charge >= 0.3 is 0 Å². The number of anilines is 2. The van der Waals surface area contributed by atoms with Gasteiger partial charge in [0.1, 0.15) is 0 Å². The van der Waals surface area contributed by atoms with E-state index in [0.29, 0.717) is 18.7 Å². The fraction of sp³-hybridized carbons (Fsp3) is 0.333. The lowest BCUT2D eigenvalue weighted by molar-refractivity contribution is -0.118. The first-order valence-electron chi connectivity index (χ1n) is 8.93. The quantitative estimate of drug-likeness (QED) is 0.802. The number of rotatable bonds is 7. The maximum absolute atomic E-state index is 12.6. The van der Waals surface area contributed by atoms with Gasteiger partial charge in [-0.15, -0.1) is 0 Å². The molecule has 0 aromatic heterocycles. The molecular weight excluding hydrogens is 326 g/mol. The summed E-state index contributed by atoms with van der Waals surface area (Å²) in [6, 6.07) is 16.4. The molecule has 0 unspecified atom stereocenters. The van der Waals surface area contributed by atoms with Crippen LogP contribution in [0.4, 0.5) is 11.4 Å². The van der Waals surface area contributed by atoms with Crippen molar-refractivity contribution in [2.24, 2.45) is 11.7 Å². The molecule has 2 amide bonds. The van der Waals surface area contributed by atoms with E-state index in [0.717, 1.165) is 11.3 Å². The van der Waals surface area contributed by atoms with Crippen LogP contribution in [0.2, 0.25) is 0 Å². The third kappa shape index (κ3) is 5.17. The molecular formula is C21H27N3O2. The second kappa shape index (κ2) is 9.15. The highest BCUT2D eigenvalue weighted by Crippen LogP contribution is 2.16. The van der Waals surface area contributed by atoms with Crippen LogP contribution >= 0.6 is 0 Å². The lowest BCUT2D eigenvalue weighted by atomic mass is 10.0. The van der Waals surface area contributed by atoms with Crippen LogP contribution in [0, 0.1) is 5.92 Å². The number of hydrogen-bond acceptors (Lipinski definition) is 3. The third-order valence-electron chi connectivity index (χ3n) is 4.28. The Bertz CT molecular complexity index is 727. The zero-order valence-corrected chi connectivity index (χ0v) is 15.6. The Hall–Kier alpha value is -2.66. The fourth-order valence-corrected chi connectivity index (χ4v) is 2.62. The van der Waals surface area contributed by atoms with E-state index in [1.54, 1.807) is 17.0 Å². The molecule has 5 heteroatoms. The van der Waals surface area contributed by atoms with Gasteiger partial charge in [0.2, 0.25) is 11.8 Å². The number of amides is 2. The van der Waals surface area contributed by atoms with E-state index in [1.165, 1.54) is 0 Å². The van der Waals surface area contributed by atoms with E-state index in [1.807, 2.05) is 63.2 Å². The molecule has 0 aliphatic carbocycles. The van der Waals surface area contributed by atoms with Crippen molar-refractivity contribution in [1.29, 1.82) is 0 Å². The average Bonchev–Trinajstić information content (AvgIpc) is 2.64. The van der Waals surface area contributed by atoms with E-state index < -0.39 is 6.04 Å². The van der Waals surface area contributed by atoms with Gasteiger partial charge in [0.05, 0.1) is 12.5 Å². The van der Waals surface area contributed by atoms with E-state index in [-0.39, 0.29) is 17.7 Å². The molecule has 3 N–H and O–H groups in total. The van der Waals surface area contributed by atoms with Gasteiger partial charge in [0, 0.05) is 17.9 Å². The highest BCUT2D eigenvalue weighted by molar-refractivity contribution is 5.96. The summed E-state index contributed by atoms with van der Waals surface area (Å²) in [5.74, 6) is -0.0905. The molecule has 0 radical (unpaired) electrons. The van der Waals surface area contributed by atoms with Crippen molar-refractivity contribution in [3.05, 3.63) is 60.2 Å². The first kappa shape index (κ1) is 19.7. The van der Waals surface area contributed by atoms with Crippen molar-refractivity contribution >= 4 is 23.2 Å². The van der Waals surface area contributed by atoms with Crippen molar-refractivity contribution in [1.82, 2.24) is 0 Å². The Kier molecular flexibility index (Phi) is 6.92. The maximum Gasteiger partial charge on any atom is 0.241 e. The molecule has 2 aromatic carbocycles. The van der Waals surface area contributed by atoms with Crippen LogP contribution in [0.1, 0.15) is 26.3 Å². The minimum Gasteiger partial charge on any atom is -0.325 e. The largest absolute Gasteiger partial charge is 0.325 e. The number of nitrogens with zero attached hydrogens (tertiary/aromatic N) is 1. The second-order valence-corrected chi connectivity index (χ2v) is 6.61. The summed E-state index contributed by atoms with van der Waals surface area (Å²) in [4.78, 5) is 26.4. The summed E-state index contributed by atoms with van der Waals surface area (Å²) >= 11 is 0. The fourth-order valence-electron chi connectivity index (χ4n) is 2.62. The molecule has 26 heavy (non-hydrogen) atoms. The van der Waals surface area contributed by atoms with Crippen LogP contribution < -0.4 is 16.0 Å². The number of para-hydroxylation sites is 1. The standard InChI is InChI=1S/C21H27N3O2/c1-4-24(18-8-6-5-7-9-18)19(25)14-16-10-12-17(13-11-16)23-21(26)20(22)15(2)3/h5-13,15,20H,4,14,22H2,1-3H3,(H,23,26)/t20-/m0/s1. The number of carbonyl (C=O) groups is 2. The Morgan fingerprint density at radius 2 is 1.65 bits per heavy atom. The Balaban J connectivity index is 2.00. The van der Waals surface area contributed by atoms with Gasteiger partial charge in [0.25, 0.3) is 0 Å². The first-order chi connectivity index (χ1) is 12.4. The van der Waals surface area contributed by atoms with Gasteiger partial charge < -0.3 is 16.0 Å². The summed E-state index contributed by atoms with van der Waals surface area (Å²) in [5, 5.41) is 2.80. The zero-order chi connectivity index (χ0) is 19.1. The molecule has 0 bridgehead atoms. The topological polar surface area (TPSA) is 75.4 Å². The van der Waals surface area contributed by atoms with Crippen LogP contribution in [0.3, 0.4) is 0 Å². The highest BCUT2D eigenvalue weighted by atomic mass is 16.2. The first-order valence-corrected chi connectivity index (χ1v) is 8.93. The molecule has 0 aliphatic heterocycles. The zero-order valence-electron chi connectivity index (χ0n) is 15.6. The lowest BCUT2D eigenvalue weighted by Gasteiger charge is -2.21. The smallest absolute Gasteiger partial charge is 0.241 e. The van der Waals surface area contributed by atoms with Gasteiger partial charge in [-0.2, -0.15) is 0 Å². The molecule has 0 spiro atoms. The van der Waals surface area contributed by atoms with Gasteiger partial charge in [-0.1, -0.05) is 44.2 Å². The minimum atomic E-state index is -0.541. The minimum absolute atomic E-state index is 0.0392. The summed E-state index contributed by atoms with van der Waals surface area (Å²) in [6.07, 6.45) is 0.308. The van der Waals surface area contributed by atoms with E-state index >= 15 is 0 Å². The number of hydrogen-bond donors (Lipinski definition) is 2. The maximum atomic E-state index is 12.6. The average molecular weight is 353 g/mol. The molecule has 0 fully saturated rings. The van der Waals surface area contributed by atoms with Crippen LogP contribution in [0.5, 0.6) is 0 Å². The molecule has 1 atom stereocenters. The van der Waals surface area contributed by atoms with E-state index in [4.69, 9.17) is 5.73 Å². The molecule has 2 rings (SSSR count). The molecule has 5 nitrogen and oxygen atoms in total. The number of benzene rings is 2. The van der Waals surface area contributed by atoms with Crippen LogP contribution in [-0.2, 0) is 16.0 Å². The van der Waals surface area contributed by atoms with Gasteiger partial charge in [-0.05, 0) is 42.7 Å². The molecule has 138 valence electrons. The van der Waals surface area contributed by atoms with Crippen molar-refractivity contribution in [3.8, 4) is 0 Å². The van der Waals surface area contributed by atoms with Gasteiger partial charge in [-0.25, -0.2) is 0 Å². The summed E-state index contributed by atoms with van der Waals surface area (Å²) in [6.45, 7) is 6.39. The summed E-state index contributed by atoms with van der Waals surface area (Å²) in [7, 11) is 0. The van der Waals surface area contributed by atoms with E-state index in [9.17, 15) is 9.59 Å². The molecule has 0 saturated carbocycles. The van der Waals surface area contributed by atoms with Gasteiger partial charge in [0.15, 0.2) is 0 Å². The van der Waals surface area contributed by atoms with Crippen molar-refractivity contribution in [2.75, 3.05) is 16.8 Å². The Morgan fingerprint density at radius 1 is 1.04 bits per heavy atom. The van der Waals surface area contributed by atoms with Gasteiger partial charge in [-0.3, -0.25) is 9.59 Å². The molecule has 0 saturated heterocycles. The number of nitrogens with two attached hydrogens (primary N) is 1. The highest BCUT2D eigenvalue weighted by Gasteiger charge is 2.17. The number of carbonyl (C=O) groups excluding carboxylic acids is 2. The van der Waals surface area contributed by atoms with E-state index in [2.05, 4.69) is 5.32 Å². The Labute approximate surface area is 155 Å². The molecule has 0 aliphatic rings. The predicted molar refractivity (Wildman–Crippen MR) is 106 cm³/mol. The van der Waals surface area contributed by atoms with Crippen LogP contribution in [0.25, 0.3) is 0 Å². The normalized spacial score (nSPS) is 11.9. The van der Waals surface area contributed by atoms with Crippen LogP contribution in [0.15, 0.2) is 54.6 Å². The lowest BCUT2D eigenvalue weighted by Crippen LogP contribution is -2.39. The predicted octanol–water partition coefficient (Wildman–Crippen LogP) is 3.20. The third-order valence-corrected chi connectivity index (χ3v) is 4.28. The van der Waals surface area contributed by atoms with Crippen molar-refractivity contribution < 1.29 is 9.59 Å². The number of likely N-dealkylation sites (N-methyl/N-ethyl adjacent to an activating group) is 1. The van der Waals surface area contributed by atoms with Crippen molar-refractivity contribution in [3.63, 3.8) is 0 Å². The molecule has 0 heterocycles. The number of nitrogens with one attached hydrogen (secondary N) is 1.